The van der Waals surface area contributed by atoms with E-state index in [0.717, 1.165) is 11.4 Å². The maximum Gasteiger partial charge on any atom is 0.322 e. The third-order valence-corrected chi connectivity index (χ3v) is 2.09. The molecule has 1 aromatic rings. The van der Waals surface area contributed by atoms with E-state index in [1.54, 1.807) is 4.68 Å². The highest BCUT2D eigenvalue weighted by molar-refractivity contribution is 5.80. The Morgan fingerprint density at radius 2 is 2.19 bits per heavy atom. The van der Waals surface area contributed by atoms with Crippen LogP contribution in [0, 0.1) is 13.8 Å². The Hall–Kier alpha value is -1.85. The van der Waals surface area contributed by atoms with Gasteiger partial charge in [-0.3, -0.25) is 14.3 Å². The van der Waals surface area contributed by atoms with E-state index in [1.165, 1.54) is 0 Å². The van der Waals surface area contributed by atoms with Crippen molar-refractivity contribution >= 4 is 11.9 Å². The molecule has 0 aliphatic carbocycles. The molecule has 0 saturated heterocycles. The lowest BCUT2D eigenvalue weighted by Crippen LogP contribution is -2.30. The first-order chi connectivity index (χ1) is 7.49. The summed E-state index contributed by atoms with van der Waals surface area (Å²) >= 11 is 0. The second-order valence-corrected chi connectivity index (χ2v) is 3.57. The number of hydrogen-bond acceptors (Lipinski definition) is 3. The van der Waals surface area contributed by atoms with E-state index >= 15 is 0 Å². The molecule has 0 spiro atoms. The Kier molecular flexibility index (Phi) is 4.04. The fourth-order valence-electron chi connectivity index (χ4n) is 1.37. The Labute approximate surface area is 93.3 Å². The van der Waals surface area contributed by atoms with Crippen LogP contribution in [0.5, 0.6) is 0 Å². The molecule has 6 nitrogen and oxygen atoms in total. The molecular weight excluding hydrogens is 210 g/mol. The third kappa shape index (κ3) is 3.72. The van der Waals surface area contributed by atoms with Gasteiger partial charge in [-0.25, -0.2) is 0 Å². The van der Waals surface area contributed by atoms with Gasteiger partial charge in [-0.15, -0.1) is 0 Å². The van der Waals surface area contributed by atoms with E-state index in [9.17, 15) is 9.59 Å². The van der Waals surface area contributed by atoms with Crippen LogP contribution in [0.1, 0.15) is 17.8 Å². The number of carboxylic acid groups (broad SMARTS) is 1. The van der Waals surface area contributed by atoms with Crippen LogP contribution in [-0.2, 0) is 16.1 Å². The van der Waals surface area contributed by atoms with Crippen molar-refractivity contribution in [2.75, 3.05) is 6.54 Å². The number of rotatable bonds is 5. The summed E-state index contributed by atoms with van der Waals surface area (Å²) < 4.78 is 1.73. The Morgan fingerprint density at radius 3 is 2.69 bits per heavy atom. The summed E-state index contributed by atoms with van der Waals surface area (Å²) in [5.41, 5.74) is 1.90. The summed E-state index contributed by atoms with van der Waals surface area (Å²) in [6.07, 6.45) is 0.231. The van der Waals surface area contributed by atoms with E-state index in [4.69, 9.17) is 5.11 Å². The number of aromatic nitrogens is 2. The lowest BCUT2D eigenvalue weighted by atomic mass is 10.3. The molecule has 88 valence electrons. The minimum Gasteiger partial charge on any atom is -0.480 e. The minimum atomic E-state index is -1.04. The lowest BCUT2D eigenvalue weighted by molar-refractivity contribution is -0.138. The molecule has 0 bridgehead atoms. The highest BCUT2D eigenvalue weighted by Gasteiger charge is 2.06. The van der Waals surface area contributed by atoms with Gasteiger partial charge in [0, 0.05) is 18.7 Å². The molecule has 6 heteroatoms. The van der Waals surface area contributed by atoms with Gasteiger partial charge in [-0.1, -0.05) is 0 Å². The van der Waals surface area contributed by atoms with Crippen molar-refractivity contribution in [2.45, 2.75) is 26.8 Å². The minimum absolute atomic E-state index is 0.231. The quantitative estimate of drug-likeness (QED) is 0.743. The van der Waals surface area contributed by atoms with Crippen LogP contribution >= 0.6 is 0 Å². The summed E-state index contributed by atoms with van der Waals surface area (Å²) in [5.74, 6) is -1.32. The van der Waals surface area contributed by atoms with Crippen molar-refractivity contribution in [3.63, 3.8) is 0 Å². The summed E-state index contributed by atoms with van der Waals surface area (Å²) in [7, 11) is 0. The van der Waals surface area contributed by atoms with Gasteiger partial charge in [-0.2, -0.15) is 5.10 Å². The molecule has 0 aromatic carbocycles. The predicted octanol–water partition coefficient (Wildman–Crippen LogP) is 0.0908. The molecular formula is C10H15N3O3. The smallest absolute Gasteiger partial charge is 0.322 e. The summed E-state index contributed by atoms with van der Waals surface area (Å²) in [6, 6.07) is 1.93. The molecule has 0 saturated carbocycles. The van der Waals surface area contributed by atoms with Crippen molar-refractivity contribution in [2.24, 2.45) is 0 Å². The molecule has 1 rings (SSSR count). The fourth-order valence-corrected chi connectivity index (χ4v) is 1.37. The number of carbonyl (C=O) groups excluding carboxylic acids is 1. The Morgan fingerprint density at radius 1 is 1.50 bits per heavy atom. The van der Waals surface area contributed by atoms with E-state index in [1.807, 2.05) is 19.9 Å². The van der Waals surface area contributed by atoms with Crippen LogP contribution in [0.4, 0.5) is 0 Å². The molecule has 16 heavy (non-hydrogen) atoms. The van der Waals surface area contributed by atoms with Crippen molar-refractivity contribution in [1.29, 1.82) is 0 Å². The van der Waals surface area contributed by atoms with Crippen LogP contribution in [0.25, 0.3) is 0 Å². The van der Waals surface area contributed by atoms with Crippen molar-refractivity contribution in [3.8, 4) is 0 Å². The molecule has 1 aromatic heterocycles. The van der Waals surface area contributed by atoms with Gasteiger partial charge in [0.2, 0.25) is 5.91 Å². The van der Waals surface area contributed by atoms with Gasteiger partial charge < -0.3 is 10.4 Å². The zero-order valence-corrected chi connectivity index (χ0v) is 9.36. The molecule has 0 aliphatic heterocycles. The molecule has 0 fully saturated rings. The van der Waals surface area contributed by atoms with Crippen LogP contribution in [0.15, 0.2) is 6.07 Å². The Balaban J connectivity index is 2.37. The number of carbonyl (C=O) groups is 2. The second-order valence-electron chi connectivity index (χ2n) is 3.57. The first-order valence-corrected chi connectivity index (χ1v) is 4.98. The van der Waals surface area contributed by atoms with Crippen LogP contribution < -0.4 is 5.32 Å². The van der Waals surface area contributed by atoms with Crippen LogP contribution in [-0.4, -0.2) is 33.3 Å². The predicted molar refractivity (Wildman–Crippen MR) is 57.0 cm³/mol. The topological polar surface area (TPSA) is 84.2 Å². The molecule has 1 heterocycles. The molecule has 0 aliphatic rings. The van der Waals surface area contributed by atoms with E-state index in [0.29, 0.717) is 6.54 Å². The van der Waals surface area contributed by atoms with Gasteiger partial charge in [-0.05, 0) is 19.9 Å². The number of nitrogens with zero attached hydrogens (tertiary/aromatic N) is 2. The monoisotopic (exact) mass is 225 g/mol. The molecule has 0 radical (unpaired) electrons. The Bertz CT molecular complexity index is 398. The zero-order valence-electron chi connectivity index (χ0n) is 9.36. The fraction of sp³-hybridized carbons (Fsp3) is 0.500. The standard InChI is InChI=1S/C10H15N3O3/c1-7-5-8(2)13(12-7)4-3-9(14)11-6-10(15)16/h5H,3-4,6H2,1-2H3,(H,11,14)(H,15,16). The van der Waals surface area contributed by atoms with Crippen molar-refractivity contribution in [3.05, 3.63) is 17.5 Å². The number of hydrogen-bond donors (Lipinski definition) is 2. The summed E-state index contributed by atoms with van der Waals surface area (Å²) in [5, 5.41) is 14.9. The maximum atomic E-state index is 11.2. The van der Waals surface area contributed by atoms with Gasteiger partial charge in [0.25, 0.3) is 0 Å². The molecule has 1 amide bonds. The molecule has 0 atom stereocenters. The van der Waals surface area contributed by atoms with Crippen molar-refractivity contribution in [1.82, 2.24) is 15.1 Å². The number of amides is 1. The molecule has 2 N–H and O–H groups in total. The highest BCUT2D eigenvalue weighted by atomic mass is 16.4. The largest absolute Gasteiger partial charge is 0.480 e. The molecule has 0 unspecified atom stereocenters. The van der Waals surface area contributed by atoms with E-state index < -0.39 is 5.97 Å². The SMILES string of the molecule is Cc1cc(C)n(CCC(=O)NCC(=O)O)n1. The first-order valence-electron chi connectivity index (χ1n) is 4.98. The third-order valence-electron chi connectivity index (χ3n) is 2.09. The lowest BCUT2D eigenvalue weighted by Gasteiger charge is -2.04. The van der Waals surface area contributed by atoms with E-state index in [2.05, 4.69) is 10.4 Å². The maximum absolute atomic E-state index is 11.2. The van der Waals surface area contributed by atoms with Gasteiger partial charge in [0.05, 0.1) is 5.69 Å². The normalized spacial score (nSPS) is 10.1. The number of nitrogens with one attached hydrogen (secondary N) is 1. The first kappa shape index (κ1) is 12.2. The van der Waals surface area contributed by atoms with Crippen LogP contribution in [0.2, 0.25) is 0 Å². The van der Waals surface area contributed by atoms with Gasteiger partial charge >= 0.3 is 5.97 Å². The van der Waals surface area contributed by atoms with Gasteiger partial charge in [0.1, 0.15) is 6.54 Å². The second kappa shape index (κ2) is 5.29. The summed E-state index contributed by atoms with van der Waals surface area (Å²) in [6.45, 7) is 3.92. The highest BCUT2D eigenvalue weighted by Crippen LogP contribution is 2.02. The average molecular weight is 225 g/mol. The van der Waals surface area contributed by atoms with Crippen LogP contribution in [0.3, 0.4) is 0 Å². The zero-order chi connectivity index (χ0) is 12.1. The van der Waals surface area contributed by atoms with Crippen molar-refractivity contribution < 1.29 is 14.7 Å². The number of aryl methyl sites for hydroxylation is 3. The van der Waals surface area contributed by atoms with E-state index in [-0.39, 0.29) is 18.9 Å². The van der Waals surface area contributed by atoms with Gasteiger partial charge in [0.15, 0.2) is 0 Å². The average Bonchev–Trinajstić information content (AvgIpc) is 2.51. The number of aliphatic carboxylic acids is 1. The summed E-state index contributed by atoms with van der Waals surface area (Å²) in [4.78, 5) is 21.4. The number of carboxylic acids is 1.